The molecule has 0 unspecified atom stereocenters. The summed E-state index contributed by atoms with van der Waals surface area (Å²) in [6.07, 6.45) is 2.63. The third-order valence-electron chi connectivity index (χ3n) is 5.71. The quantitative estimate of drug-likeness (QED) is 0.570. The van der Waals surface area contributed by atoms with Crippen LogP contribution in [0.2, 0.25) is 0 Å². The number of nitrogens with zero attached hydrogens (tertiary/aromatic N) is 3. The standard InChI is InChI=1S/C23H26F2N4O5S/c1-26-7-5-21(30)28-8-6-17(14-28)34-16-3-4-20-19(12-16)29(9-10-33-20)15-11-18(22(24)25)23(27-13-15)35(2,31)32/h3-5,7,11-13,17,22,26H,6,8-10,14H2,1-2H3/b7-5+/t17-/m0/s1. The van der Waals surface area contributed by atoms with E-state index in [1.165, 1.54) is 12.3 Å². The molecule has 1 N–H and O–H groups in total. The van der Waals surface area contributed by atoms with Gasteiger partial charge in [0.25, 0.3) is 6.43 Å². The van der Waals surface area contributed by atoms with E-state index in [9.17, 15) is 22.0 Å². The van der Waals surface area contributed by atoms with Crippen LogP contribution in [0.15, 0.2) is 47.8 Å². The number of rotatable bonds is 7. The van der Waals surface area contributed by atoms with Crippen molar-refractivity contribution in [1.82, 2.24) is 15.2 Å². The first kappa shape index (κ1) is 24.7. The van der Waals surface area contributed by atoms with Gasteiger partial charge in [0.05, 0.1) is 36.2 Å². The van der Waals surface area contributed by atoms with Gasteiger partial charge in [0, 0.05) is 44.6 Å². The molecule has 0 spiro atoms. The molecule has 12 heteroatoms. The molecule has 4 rings (SSSR count). The zero-order valence-electron chi connectivity index (χ0n) is 19.3. The lowest BCUT2D eigenvalue weighted by molar-refractivity contribution is -0.125. The van der Waals surface area contributed by atoms with Gasteiger partial charge in [0.15, 0.2) is 14.9 Å². The Morgan fingerprint density at radius 1 is 1.31 bits per heavy atom. The van der Waals surface area contributed by atoms with Crippen molar-refractivity contribution in [3.05, 3.63) is 48.3 Å². The van der Waals surface area contributed by atoms with Gasteiger partial charge in [0.2, 0.25) is 5.91 Å². The third-order valence-corrected chi connectivity index (χ3v) is 6.75. The molecule has 1 aromatic heterocycles. The number of alkyl halides is 2. The lowest BCUT2D eigenvalue weighted by Crippen LogP contribution is -2.30. The molecule has 1 fully saturated rings. The van der Waals surface area contributed by atoms with Gasteiger partial charge in [-0.3, -0.25) is 4.79 Å². The van der Waals surface area contributed by atoms with Gasteiger partial charge in [-0.1, -0.05) is 0 Å². The van der Waals surface area contributed by atoms with Gasteiger partial charge in [-0.05, 0) is 18.2 Å². The predicted molar refractivity (Wildman–Crippen MR) is 125 cm³/mol. The number of benzene rings is 1. The number of nitrogens with one attached hydrogen (secondary N) is 1. The van der Waals surface area contributed by atoms with E-state index in [4.69, 9.17) is 9.47 Å². The highest BCUT2D eigenvalue weighted by Crippen LogP contribution is 2.40. The van der Waals surface area contributed by atoms with Gasteiger partial charge in [-0.25, -0.2) is 22.2 Å². The fourth-order valence-electron chi connectivity index (χ4n) is 4.09. The minimum atomic E-state index is -3.91. The van der Waals surface area contributed by atoms with Crippen LogP contribution in [0.4, 0.5) is 20.2 Å². The van der Waals surface area contributed by atoms with E-state index in [1.807, 2.05) is 0 Å². The van der Waals surface area contributed by atoms with Crippen LogP contribution in [0.3, 0.4) is 0 Å². The summed E-state index contributed by atoms with van der Waals surface area (Å²) in [5.41, 5.74) is 0.266. The van der Waals surface area contributed by atoms with Crippen LogP contribution in [0.25, 0.3) is 0 Å². The van der Waals surface area contributed by atoms with Gasteiger partial charge in [-0.2, -0.15) is 0 Å². The van der Waals surface area contributed by atoms with Crippen LogP contribution in [-0.2, 0) is 14.6 Å². The van der Waals surface area contributed by atoms with Crippen molar-refractivity contribution in [3.63, 3.8) is 0 Å². The Morgan fingerprint density at radius 3 is 2.83 bits per heavy atom. The number of sulfone groups is 1. The van der Waals surface area contributed by atoms with E-state index in [0.29, 0.717) is 55.5 Å². The molecule has 2 aromatic rings. The SMILES string of the molecule is CN/C=C/C(=O)N1CC[C@H](Oc2ccc3c(c2)N(c2cnc(S(C)(=O)=O)c(C(F)F)c2)CCO3)C1. The Kier molecular flexibility index (Phi) is 7.10. The van der Waals surface area contributed by atoms with Crippen LogP contribution in [0.5, 0.6) is 11.5 Å². The van der Waals surface area contributed by atoms with Crippen LogP contribution in [0.1, 0.15) is 18.4 Å². The van der Waals surface area contributed by atoms with Crippen molar-refractivity contribution in [2.24, 2.45) is 0 Å². The zero-order chi connectivity index (χ0) is 25.2. The van der Waals surface area contributed by atoms with E-state index in [1.54, 1.807) is 41.2 Å². The number of likely N-dealkylation sites (tertiary alicyclic amines) is 1. The fraction of sp³-hybridized carbons (Fsp3) is 0.391. The van der Waals surface area contributed by atoms with E-state index < -0.39 is 26.9 Å². The summed E-state index contributed by atoms with van der Waals surface area (Å²) in [5, 5.41) is 2.16. The van der Waals surface area contributed by atoms with E-state index in [0.717, 1.165) is 12.3 Å². The number of ether oxygens (including phenoxy) is 2. The molecule has 9 nitrogen and oxygen atoms in total. The Morgan fingerprint density at radius 2 is 2.11 bits per heavy atom. The summed E-state index contributed by atoms with van der Waals surface area (Å²) in [6, 6.07) is 6.38. The summed E-state index contributed by atoms with van der Waals surface area (Å²) in [4.78, 5) is 19.5. The molecule has 0 radical (unpaired) electrons. The van der Waals surface area contributed by atoms with Gasteiger partial charge in [0.1, 0.15) is 24.2 Å². The van der Waals surface area contributed by atoms with Gasteiger partial charge >= 0.3 is 0 Å². The molecular weight excluding hydrogens is 482 g/mol. The van der Waals surface area contributed by atoms with Crippen molar-refractivity contribution in [2.45, 2.75) is 24.0 Å². The average molecular weight is 509 g/mol. The molecule has 35 heavy (non-hydrogen) atoms. The van der Waals surface area contributed by atoms with E-state index >= 15 is 0 Å². The lowest BCUT2D eigenvalue weighted by atomic mass is 10.2. The van der Waals surface area contributed by atoms with Gasteiger partial charge < -0.3 is 24.6 Å². The van der Waals surface area contributed by atoms with Crippen molar-refractivity contribution in [2.75, 3.05) is 44.4 Å². The predicted octanol–water partition coefficient (Wildman–Crippen LogP) is 2.67. The first-order chi connectivity index (χ1) is 16.7. The topological polar surface area (TPSA) is 101 Å². The van der Waals surface area contributed by atoms with Crippen LogP contribution >= 0.6 is 0 Å². The maximum absolute atomic E-state index is 13.6. The van der Waals surface area contributed by atoms with E-state index in [-0.39, 0.29) is 12.0 Å². The molecule has 3 heterocycles. The maximum Gasteiger partial charge on any atom is 0.266 e. The number of carbonyl (C=O) groups is 1. The molecule has 188 valence electrons. The number of pyridine rings is 1. The Hall–Kier alpha value is -3.41. The molecule has 1 atom stereocenters. The number of halogens is 2. The summed E-state index contributed by atoms with van der Waals surface area (Å²) in [7, 11) is -2.20. The van der Waals surface area contributed by atoms with Crippen LogP contribution < -0.4 is 19.7 Å². The van der Waals surface area contributed by atoms with Crippen molar-refractivity contribution < 1.29 is 31.5 Å². The fourth-order valence-corrected chi connectivity index (χ4v) is 4.91. The molecule has 0 bridgehead atoms. The molecule has 0 aliphatic carbocycles. The number of anilines is 2. The summed E-state index contributed by atoms with van der Waals surface area (Å²) in [5.74, 6) is 0.976. The molecule has 0 saturated carbocycles. The minimum Gasteiger partial charge on any atom is -0.490 e. The summed E-state index contributed by atoms with van der Waals surface area (Å²) >= 11 is 0. The highest BCUT2D eigenvalue weighted by molar-refractivity contribution is 7.90. The second kappa shape index (κ2) is 10.1. The van der Waals surface area contributed by atoms with Gasteiger partial charge in [-0.15, -0.1) is 0 Å². The molecule has 1 saturated heterocycles. The Bertz CT molecular complexity index is 1240. The minimum absolute atomic E-state index is 0.102. The van der Waals surface area contributed by atoms with Crippen LogP contribution in [0, 0.1) is 0 Å². The van der Waals surface area contributed by atoms with Crippen molar-refractivity contribution >= 4 is 27.1 Å². The summed E-state index contributed by atoms with van der Waals surface area (Å²) in [6.45, 7) is 1.68. The summed E-state index contributed by atoms with van der Waals surface area (Å²) < 4.78 is 62.9. The lowest BCUT2D eigenvalue weighted by Gasteiger charge is -2.32. The molecule has 2 aliphatic rings. The third kappa shape index (κ3) is 5.47. The number of hydrogen-bond donors (Lipinski definition) is 1. The Balaban J connectivity index is 1.57. The number of hydrogen-bond acceptors (Lipinski definition) is 8. The average Bonchev–Trinajstić information content (AvgIpc) is 3.29. The van der Waals surface area contributed by atoms with Crippen molar-refractivity contribution in [3.8, 4) is 11.5 Å². The highest BCUT2D eigenvalue weighted by Gasteiger charge is 2.29. The second-order valence-electron chi connectivity index (χ2n) is 8.23. The largest absolute Gasteiger partial charge is 0.490 e. The number of carbonyl (C=O) groups excluding carboxylic acids is 1. The second-order valence-corrected chi connectivity index (χ2v) is 10.2. The highest BCUT2D eigenvalue weighted by atomic mass is 32.2. The van der Waals surface area contributed by atoms with Crippen LogP contribution in [-0.4, -0.2) is 69.9 Å². The zero-order valence-corrected chi connectivity index (χ0v) is 20.1. The number of fused-ring (bicyclic) bond motifs is 1. The number of aromatic nitrogens is 1. The molecule has 2 aliphatic heterocycles. The molecule has 1 amide bonds. The first-order valence-electron chi connectivity index (χ1n) is 11.0. The Labute approximate surface area is 202 Å². The normalized spacial score (nSPS) is 18.0. The monoisotopic (exact) mass is 508 g/mol. The maximum atomic E-state index is 13.6. The molecule has 1 aromatic carbocycles. The van der Waals surface area contributed by atoms with Crippen molar-refractivity contribution in [1.29, 1.82) is 0 Å². The first-order valence-corrected chi connectivity index (χ1v) is 12.9. The smallest absolute Gasteiger partial charge is 0.266 e. The van der Waals surface area contributed by atoms with E-state index in [2.05, 4.69) is 10.3 Å². The molecular formula is C23H26F2N4O5S. The number of amides is 1.